The van der Waals surface area contributed by atoms with Crippen LogP contribution in [0.3, 0.4) is 0 Å². The molecule has 0 fully saturated rings. The molecular weight excluding hydrogens is 292 g/mol. The highest BCUT2D eigenvalue weighted by molar-refractivity contribution is 6.29. The van der Waals surface area contributed by atoms with Gasteiger partial charge in [-0.25, -0.2) is 0 Å². The number of halogens is 1. The Morgan fingerprint density at radius 1 is 1.24 bits per heavy atom. The molecule has 0 saturated heterocycles. The van der Waals surface area contributed by atoms with E-state index in [0.29, 0.717) is 29.1 Å². The summed E-state index contributed by atoms with van der Waals surface area (Å²) in [5.74, 6) is 1.87. The summed E-state index contributed by atoms with van der Waals surface area (Å²) in [6.07, 6.45) is 1.65. The first-order chi connectivity index (χ1) is 10.2. The molecule has 0 atom stereocenters. The Hall–Kier alpha value is -2.34. The predicted molar refractivity (Wildman–Crippen MR) is 82.4 cm³/mol. The van der Waals surface area contributed by atoms with Crippen molar-refractivity contribution in [1.29, 1.82) is 0 Å². The first-order valence-corrected chi connectivity index (χ1v) is 6.70. The molecule has 2 aromatic rings. The van der Waals surface area contributed by atoms with Crippen molar-refractivity contribution in [2.45, 2.75) is 6.92 Å². The fraction of sp³-hybridized carbons (Fsp3) is 0.214. The van der Waals surface area contributed by atoms with Gasteiger partial charge in [-0.3, -0.25) is 5.43 Å². The van der Waals surface area contributed by atoms with Crippen LogP contribution in [-0.2, 0) is 0 Å². The fourth-order valence-electron chi connectivity index (χ4n) is 1.59. The van der Waals surface area contributed by atoms with Crippen LogP contribution in [0.5, 0.6) is 11.5 Å². The average Bonchev–Trinajstić information content (AvgIpc) is 2.51. The van der Waals surface area contributed by atoms with Gasteiger partial charge in [-0.2, -0.15) is 5.10 Å². The first kappa shape index (κ1) is 15.1. The minimum absolute atomic E-state index is 0.334. The minimum Gasteiger partial charge on any atom is -0.493 e. The molecule has 0 bridgehead atoms. The van der Waals surface area contributed by atoms with E-state index in [-0.39, 0.29) is 0 Å². The van der Waals surface area contributed by atoms with Gasteiger partial charge in [0.05, 0.1) is 19.9 Å². The summed E-state index contributed by atoms with van der Waals surface area (Å²) in [4.78, 5) is 0. The Labute approximate surface area is 127 Å². The van der Waals surface area contributed by atoms with Gasteiger partial charge < -0.3 is 9.47 Å². The Morgan fingerprint density at radius 3 is 2.76 bits per heavy atom. The number of benzene rings is 1. The predicted octanol–water partition coefficient (Wildman–Crippen LogP) is 2.98. The van der Waals surface area contributed by atoms with Crippen molar-refractivity contribution in [3.05, 3.63) is 41.0 Å². The minimum atomic E-state index is 0.334. The Kier molecular flexibility index (Phi) is 5.34. The van der Waals surface area contributed by atoms with Crippen molar-refractivity contribution < 1.29 is 9.47 Å². The lowest BCUT2D eigenvalue weighted by Crippen LogP contribution is -1.97. The molecule has 0 radical (unpaired) electrons. The lowest BCUT2D eigenvalue weighted by Gasteiger charge is -2.09. The van der Waals surface area contributed by atoms with E-state index >= 15 is 0 Å². The Balaban J connectivity index is 2.05. The number of rotatable bonds is 6. The maximum atomic E-state index is 5.65. The second-order valence-electron chi connectivity index (χ2n) is 3.95. The zero-order chi connectivity index (χ0) is 15.1. The van der Waals surface area contributed by atoms with Gasteiger partial charge in [-0.15, -0.1) is 10.2 Å². The summed E-state index contributed by atoms with van der Waals surface area (Å²) in [7, 11) is 1.60. The molecule has 110 valence electrons. The van der Waals surface area contributed by atoms with Gasteiger partial charge in [0.15, 0.2) is 22.5 Å². The van der Waals surface area contributed by atoms with E-state index in [9.17, 15) is 0 Å². The maximum absolute atomic E-state index is 5.65. The van der Waals surface area contributed by atoms with Crippen molar-refractivity contribution in [2.24, 2.45) is 5.10 Å². The summed E-state index contributed by atoms with van der Waals surface area (Å²) in [5.41, 5.74) is 3.63. The van der Waals surface area contributed by atoms with Gasteiger partial charge in [0.2, 0.25) is 0 Å². The summed E-state index contributed by atoms with van der Waals surface area (Å²) in [6, 6.07) is 8.87. The number of aromatic nitrogens is 2. The molecule has 2 rings (SSSR count). The third-order valence-corrected chi connectivity index (χ3v) is 2.71. The molecular formula is C14H15ClN4O2. The van der Waals surface area contributed by atoms with Crippen LogP contribution in [0.15, 0.2) is 35.4 Å². The van der Waals surface area contributed by atoms with Crippen LogP contribution in [0.2, 0.25) is 5.15 Å². The molecule has 0 amide bonds. The van der Waals surface area contributed by atoms with E-state index in [1.54, 1.807) is 25.5 Å². The normalized spacial score (nSPS) is 10.6. The molecule has 0 unspecified atom stereocenters. The van der Waals surface area contributed by atoms with Crippen LogP contribution in [0.4, 0.5) is 5.82 Å². The number of nitrogens with one attached hydrogen (secondary N) is 1. The number of hydrazone groups is 1. The van der Waals surface area contributed by atoms with Gasteiger partial charge in [0, 0.05) is 0 Å². The molecule has 6 nitrogen and oxygen atoms in total. The fourth-order valence-corrected chi connectivity index (χ4v) is 1.69. The molecule has 21 heavy (non-hydrogen) atoms. The molecule has 0 saturated carbocycles. The number of nitrogens with zero attached hydrogens (tertiary/aromatic N) is 3. The number of anilines is 1. The van der Waals surface area contributed by atoms with Gasteiger partial charge in [0.25, 0.3) is 0 Å². The van der Waals surface area contributed by atoms with E-state index in [1.807, 2.05) is 25.1 Å². The van der Waals surface area contributed by atoms with Crippen molar-refractivity contribution in [1.82, 2.24) is 10.2 Å². The SMILES string of the molecule is CCOc1ccc(C=NNc2ccc(Cl)nn2)cc1OC. The van der Waals surface area contributed by atoms with Crippen LogP contribution in [0, 0.1) is 0 Å². The van der Waals surface area contributed by atoms with Crippen molar-refractivity contribution in [3.8, 4) is 11.5 Å². The zero-order valence-corrected chi connectivity index (χ0v) is 12.5. The third-order valence-electron chi connectivity index (χ3n) is 2.51. The van der Waals surface area contributed by atoms with E-state index in [0.717, 1.165) is 5.56 Å². The summed E-state index contributed by atoms with van der Waals surface area (Å²) >= 11 is 5.65. The average molecular weight is 307 g/mol. The molecule has 1 N–H and O–H groups in total. The van der Waals surface area contributed by atoms with E-state index < -0.39 is 0 Å². The van der Waals surface area contributed by atoms with Crippen molar-refractivity contribution >= 4 is 23.6 Å². The molecule has 1 aromatic carbocycles. The Bertz CT molecular complexity index is 617. The highest BCUT2D eigenvalue weighted by Crippen LogP contribution is 2.27. The van der Waals surface area contributed by atoms with E-state index in [4.69, 9.17) is 21.1 Å². The van der Waals surface area contributed by atoms with Crippen molar-refractivity contribution in [3.63, 3.8) is 0 Å². The molecule has 0 spiro atoms. The molecule has 0 aliphatic carbocycles. The smallest absolute Gasteiger partial charge is 0.168 e. The maximum Gasteiger partial charge on any atom is 0.168 e. The molecule has 0 aliphatic rings. The monoisotopic (exact) mass is 306 g/mol. The lowest BCUT2D eigenvalue weighted by molar-refractivity contribution is 0.311. The lowest BCUT2D eigenvalue weighted by atomic mass is 10.2. The quantitative estimate of drug-likeness (QED) is 0.656. The largest absolute Gasteiger partial charge is 0.493 e. The highest BCUT2D eigenvalue weighted by atomic mass is 35.5. The van der Waals surface area contributed by atoms with Gasteiger partial charge in [-0.05, 0) is 42.8 Å². The molecule has 7 heteroatoms. The summed E-state index contributed by atoms with van der Waals surface area (Å²) in [6.45, 7) is 2.51. The van der Waals surface area contributed by atoms with E-state index in [1.165, 1.54) is 0 Å². The first-order valence-electron chi connectivity index (χ1n) is 6.32. The Morgan fingerprint density at radius 2 is 2.10 bits per heavy atom. The number of hydrogen-bond donors (Lipinski definition) is 1. The topological polar surface area (TPSA) is 68.6 Å². The molecule has 0 aliphatic heterocycles. The van der Waals surface area contributed by atoms with Gasteiger partial charge in [-0.1, -0.05) is 11.6 Å². The highest BCUT2D eigenvalue weighted by Gasteiger charge is 2.03. The summed E-state index contributed by atoms with van der Waals surface area (Å²) < 4.78 is 10.7. The van der Waals surface area contributed by atoms with E-state index in [2.05, 4.69) is 20.7 Å². The standard InChI is InChI=1S/C14H15ClN4O2/c1-3-21-11-5-4-10(8-12(11)20-2)9-16-18-14-7-6-13(15)17-19-14/h4-9H,3H2,1-2H3,(H,18,19). The van der Waals surface area contributed by atoms with Crippen LogP contribution in [-0.4, -0.2) is 30.1 Å². The van der Waals surface area contributed by atoms with Crippen LogP contribution >= 0.6 is 11.6 Å². The van der Waals surface area contributed by atoms with Gasteiger partial charge >= 0.3 is 0 Å². The zero-order valence-electron chi connectivity index (χ0n) is 11.7. The van der Waals surface area contributed by atoms with Crippen LogP contribution in [0.25, 0.3) is 0 Å². The third kappa shape index (κ3) is 4.32. The number of hydrogen-bond acceptors (Lipinski definition) is 6. The second-order valence-corrected chi connectivity index (χ2v) is 4.34. The van der Waals surface area contributed by atoms with Crippen molar-refractivity contribution in [2.75, 3.05) is 19.1 Å². The number of methoxy groups -OCH3 is 1. The summed E-state index contributed by atoms with van der Waals surface area (Å²) in [5, 5.41) is 11.9. The van der Waals surface area contributed by atoms with Crippen LogP contribution < -0.4 is 14.9 Å². The second kappa shape index (κ2) is 7.44. The number of ether oxygens (including phenoxy) is 2. The molecule has 1 heterocycles. The van der Waals surface area contributed by atoms with Crippen LogP contribution in [0.1, 0.15) is 12.5 Å². The van der Waals surface area contributed by atoms with Gasteiger partial charge in [0.1, 0.15) is 0 Å². The molecule has 1 aromatic heterocycles.